The average Bonchev–Trinajstić information content (AvgIpc) is 2.93. The number of carbonyl (C=O) groups excluding carboxylic acids is 1. The van der Waals surface area contributed by atoms with Crippen LogP contribution in [0.15, 0.2) is 24.3 Å². The Labute approximate surface area is 236 Å². The topological polar surface area (TPSA) is 98.2 Å². The summed E-state index contributed by atoms with van der Waals surface area (Å²) in [5, 5.41) is 19.6. The summed E-state index contributed by atoms with van der Waals surface area (Å²) in [6.45, 7) is 4.73. The number of benzene rings is 1. The van der Waals surface area contributed by atoms with Crippen LogP contribution >= 0.6 is 0 Å². The smallest absolute Gasteiger partial charge is 0.326 e. The lowest BCUT2D eigenvalue weighted by Gasteiger charge is -2.38. The zero-order valence-electron chi connectivity index (χ0n) is 24.4. The minimum atomic E-state index is -1.04. The number of hydrogen-bond donors (Lipinski definition) is 2. The number of fused-ring (bicyclic) bond motifs is 1. The fourth-order valence-corrected chi connectivity index (χ4v) is 5.61. The van der Waals surface area contributed by atoms with Gasteiger partial charge < -0.3 is 20.0 Å². The van der Waals surface area contributed by atoms with Crippen molar-refractivity contribution < 1.29 is 24.6 Å². The number of unbranched alkanes of at least 4 members (excludes halogenated alkanes) is 13. The first-order valence-corrected chi connectivity index (χ1v) is 15.5. The highest BCUT2D eigenvalue weighted by Crippen LogP contribution is 2.25. The molecule has 39 heavy (non-hydrogen) atoms. The van der Waals surface area contributed by atoms with Crippen LogP contribution in [0.1, 0.15) is 121 Å². The number of nitrogens with zero attached hydrogens (tertiary/aromatic N) is 2. The molecule has 1 aliphatic rings. The predicted molar refractivity (Wildman–Crippen MR) is 156 cm³/mol. The number of carbonyl (C=O) groups is 3. The van der Waals surface area contributed by atoms with Crippen molar-refractivity contribution in [2.75, 3.05) is 13.1 Å². The largest absolute Gasteiger partial charge is 0.481 e. The summed E-state index contributed by atoms with van der Waals surface area (Å²) in [5.41, 5.74) is 1.88. The van der Waals surface area contributed by atoms with E-state index in [0.717, 1.165) is 30.4 Å². The molecular formula is C32H52N2O5. The van der Waals surface area contributed by atoms with Crippen LogP contribution in [-0.4, -0.2) is 57.1 Å². The van der Waals surface area contributed by atoms with Gasteiger partial charge in [0.1, 0.15) is 6.04 Å². The van der Waals surface area contributed by atoms with Gasteiger partial charge in [-0.2, -0.15) is 0 Å². The second kappa shape index (κ2) is 18.7. The number of amides is 2. The van der Waals surface area contributed by atoms with Gasteiger partial charge in [-0.25, -0.2) is 9.59 Å². The number of aliphatic carboxylic acids is 2. The Hall–Kier alpha value is -2.57. The van der Waals surface area contributed by atoms with Crippen molar-refractivity contribution in [2.24, 2.45) is 5.92 Å². The Morgan fingerprint density at radius 2 is 1.33 bits per heavy atom. The van der Waals surface area contributed by atoms with Crippen LogP contribution < -0.4 is 0 Å². The summed E-state index contributed by atoms with van der Waals surface area (Å²) in [4.78, 5) is 40.3. The van der Waals surface area contributed by atoms with Crippen LogP contribution in [0.4, 0.5) is 4.79 Å². The van der Waals surface area contributed by atoms with Crippen LogP contribution in [0.5, 0.6) is 0 Å². The summed E-state index contributed by atoms with van der Waals surface area (Å²) in [6, 6.07) is 6.24. The molecule has 0 radical (unpaired) electrons. The summed E-state index contributed by atoms with van der Waals surface area (Å²) < 4.78 is 0. The lowest BCUT2D eigenvalue weighted by atomic mass is 9.94. The Morgan fingerprint density at radius 3 is 1.82 bits per heavy atom. The van der Waals surface area contributed by atoms with E-state index < -0.39 is 29.9 Å². The molecule has 2 N–H and O–H groups in total. The van der Waals surface area contributed by atoms with Gasteiger partial charge in [0.2, 0.25) is 0 Å². The highest BCUT2D eigenvalue weighted by atomic mass is 16.4. The molecule has 0 bridgehead atoms. The van der Waals surface area contributed by atoms with E-state index in [9.17, 15) is 24.6 Å². The molecule has 0 saturated carbocycles. The first kappa shape index (κ1) is 32.6. The van der Waals surface area contributed by atoms with Crippen LogP contribution in [0.3, 0.4) is 0 Å². The lowest BCUT2D eigenvalue weighted by molar-refractivity contribution is -0.144. The molecular weight excluding hydrogens is 492 g/mol. The van der Waals surface area contributed by atoms with E-state index >= 15 is 0 Å². The zero-order chi connectivity index (χ0) is 28.5. The molecule has 0 aliphatic carbocycles. The van der Waals surface area contributed by atoms with E-state index in [1.54, 1.807) is 0 Å². The molecule has 2 amide bonds. The molecule has 0 aromatic heterocycles. The van der Waals surface area contributed by atoms with Crippen LogP contribution in [0.2, 0.25) is 0 Å². The minimum absolute atomic E-state index is 0.105. The van der Waals surface area contributed by atoms with Gasteiger partial charge in [0.05, 0.1) is 5.92 Å². The normalized spacial score (nSPS) is 15.5. The molecule has 1 aromatic rings. The van der Waals surface area contributed by atoms with Crippen LogP contribution in [0.25, 0.3) is 0 Å². The third-order valence-electron chi connectivity index (χ3n) is 8.13. The summed E-state index contributed by atoms with van der Waals surface area (Å²) in [7, 11) is 0. The molecule has 0 spiro atoms. The zero-order valence-corrected chi connectivity index (χ0v) is 24.4. The van der Waals surface area contributed by atoms with Gasteiger partial charge >= 0.3 is 18.0 Å². The molecule has 7 heteroatoms. The molecule has 1 aromatic carbocycles. The second-order valence-corrected chi connectivity index (χ2v) is 11.2. The number of carboxylic acid groups (broad SMARTS) is 2. The average molecular weight is 545 g/mol. The third-order valence-corrected chi connectivity index (χ3v) is 8.13. The van der Waals surface area contributed by atoms with Crippen LogP contribution in [0, 0.1) is 5.92 Å². The SMILES string of the molecule is CCCCCCCCCCCCCCCC[C@@H](CN(CC)C(=O)N1Cc2ccccc2C[C@H]1C(=O)O)C(=O)O. The van der Waals surface area contributed by atoms with Crippen molar-refractivity contribution in [3.05, 3.63) is 35.4 Å². The van der Waals surface area contributed by atoms with Gasteiger partial charge in [0.25, 0.3) is 0 Å². The van der Waals surface area contributed by atoms with Crippen molar-refractivity contribution in [3.8, 4) is 0 Å². The summed E-state index contributed by atoms with van der Waals surface area (Å²) >= 11 is 0. The van der Waals surface area contributed by atoms with E-state index in [4.69, 9.17) is 0 Å². The van der Waals surface area contributed by atoms with Gasteiger partial charge in [0.15, 0.2) is 0 Å². The Bertz CT molecular complexity index is 874. The molecule has 1 heterocycles. The molecule has 220 valence electrons. The fourth-order valence-electron chi connectivity index (χ4n) is 5.61. The van der Waals surface area contributed by atoms with Crippen LogP contribution in [-0.2, 0) is 22.6 Å². The first-order valence-electron chi connectivity index (χ1n) is 15.5. The standard InChI is InChI=1S/C32H52N2O5/c1-3-5-6-7-8-9-10-11-12-13-14-15-16-17-22-28(30(35)36)24-33(4-2)32(39)34-25-27-21-19-18-20-26(27)23-29(34)31(37)38/h18-21,28-29H,3-17,22-25H2,1-2H3,(H,35,36)(H,37,38)/t28-,29-/m0/s1. The third kappa shape index (κ3) is 11.6. The number of carboxylic acids is 2. The van der Waals surface area contributed by atoms with E-state index in [1.807, 2.05) is 31.2 Å². The van der Waals surface area contributed by atoms with E-state index in [1.165, 1.54) is 80.4 Å². The summed E-state index contributed by atoms with van der Waals surface area (Å²) in [6.07, 6.45) is 18.3. The molecule has 1 aliphatic heterocycles. The maximum atomic E-state index is 13.4. The molecule has 2 atom stereocenters. The number of rotatable bonds is 20. The van der Waals surface area contributed by atoms with Gasteiger partial charge in [-0.15, -0.1) is 0 Å². The maximum Gasteiger partial charge on any atom is 0.326 e. The molecule has 0 saturated heterocycles. The summed E-state index contributed by atoms with van der Waals surface area (Å²) in [5.74, 6) is -2.58. The molecule has 0 unspecified atom stereocenters. The Kier molecular flexibility index (Phi) is 15.6. The fraction of sp³-hybridized carbons (Fsp3) is 0.719. The van der Waals surface area contributed by atoms with Gasteiger partial charge in [-0.1, -0.05) is 121 Å². The van der Waals surface area contributed by atoms with Gasteiger partial charge in [0, 0.05) is 26.1 Å². The second-order valence-electron chi connectivity index (χ2n) is 11.2. The van der Waals surface area contributed by atoms with Crippen molar-refractivity contribution in [3.63, 3.8) is 0 Å². The van der Waals surface area contributed by atoms with Crippen molar-refractivity contribution >= 4 is 18.0 Å². The monoisotopic (exact) mass is 544 g/mol. The van der Waals surface area contributed by atoms with Crippen molar-refractivity contribution in [1.29, 1.82) is 0 Å². The van der Waals surface area contributed by atoms with E-state index in [-0.39, 0.29) is 19.5 Å². The minimum Gasteiger partial charge on any atom is -0.481 e. The Morgan fingerprint density at radius 1 is 0.821 bits per heavy atom. The van der Waals surface area contributed by atoms with E-state index in [2.05, 4.69) is 6.92 Å². The van der Waals surface area contributed by atoms with Gasteiger partial charge in [-0.05, 0) is 24.5 Å². The first-order chi connectivity index (χ1) is 18.9. The maximum absolute atomic E-state index is 13.4. The van der Waals surface area contributed by atoms with Crippen molar-refractivity contribution in [2.45, 2.75) is 129 Å². The lowest BCUT2D eigenvalue weighted by Crippen LogP contribution is -2.54. The molecule has 0 fully saturated rings. The predicted octanol–water partition coefficient (Wildman–Crippen LogP) is 7.51. The number of urea groups is 1. The molecule has 7 nitrogen and oxygen atoms in total. The Balaban J connectivity index is 1.71. The molecule has 2 rings (SSSR count). The highest BCUT2D eigenvalue weighted by molar-refractivity contribution is 5.84. The van der Waals surface area contributed by atoms with Gasteiger partial charge in [-0.3, -0.25) is 4.79 Å². The van der Waals surface area contributed by atoms with E-state index in [0.29, 0.717) is 13.0 Å². The highest BCUT2D eigenvalue weighted by Gasteiger charge is 2.37. The number of hydrogen-bond acceptors (Lipinski definition) is 3. The quantitative estimate of drug-likeness (QED) is 0.166. The van der Waals surface area contributed by atoms with Crippen molar-refractivity contribution in [1.82, 2.24) is 9.80 Å².